The normalized spacial score (nSPS) is 26.1. The Hall–Kier alpha value is -3.65. The van der Waals surface area contributed by atoms with Crippen LogP contribution in [-0.4, -0.2) is 50.4 Å². The third kappa shape index (κ3) is 2.82. The Morgan fingerprint density at radius 3 is 2.36 bits per heavy atom. The van der Waals surface area contributed by atoms with Crippen LogP contribution in [0.15, 0.2) is 64.8 Å². The van der Waals surface area contributed by atoms with Crippen LogP contribution >= 0.6 is 11.6 Å². The van der Waals surface area contributed by atoms with Crippen LogP contribution in [0.2, 0.25) is 5.02 Å². The molecule has 36 heavy (non-hydrogen) atoms. The molecule has 1 spiro atoms. The van der Waals surface area contributed by atoms with Gasteiger partial charge in [0, 0.05) is 29.0 Å². The summed E-state index contributed by atoms with van der Waals surface area (Å²) in [5.74, 6) is -2.05. The molecular weight excluding hydrogens is 478 g/mol. The Morgan fingerprint density at radius 2 is 1.69 bits per heavy atom. The van der Waals surface area contributed by atoms with E-state index in [1.54, 1.807) is 23.7 Å². The summed E-state index contributed by atoms with van der Waals surface area (Å²) < 4.78 is 1.77. The molecule has 3 aliphatic rings. The highest BCUT2D eigenvalue weighted by Crippen LogP contribution is 2.56. The Bertz CT molecular complexity index is 1460. The van der Waals surface area contributed by atoms with Gasteiger partial charge >= 0.3 is 0 Å². The van der Waals surface area contributed by atoms with Crippen molar-refractivity contribution < 1.29 is 14.4 Å². The molecule has 2 aromatic carbocycles. The molecule has 8 nitrogen and oxygen atoms in total. The number of carbonyl (C=O) groups excluding carboxylic acids is 3. The molecule has 3 unspecified atom stereocenters. The van der Waals surface area contributed by atoms with Crippen molar-refractivity contribution in [2.75, 3.05) is 6.54 Å². The lowest BCUT2D eigenvalue weighted by Crippen LogP contribution is -2.60. The number of aromatic nitrogens is 2. The van der Waals surface area contributed by atoms with Crippen LogP contribution in [0.5, 0.6) is 0 Å². The third-order valence-electron chi connectivity index (χ3n) is 7.76. The van der Waals surface area contributed by atoms with Gasteiger partial charge in [0.15, 0.2) is 17.4 Å². The minimum atomic E-state index is -1.49. The number of hydrogen-bond acceptors (Lipinski definition) is 6. The van der Waals surface area contributed by atoms with Gasteiger partial charge in [0.05, 0.1) is 22.6 Å². The standard InChI is InChI=1S/C27H24ClN5O3/c1-4-32-24(35)20-21(25(32)36)29-31-27(20)23(34)19-18(14-26(27,2)3)30-33(17-8-6-5-7-9-17)22(19)15-10-12-16(28)13-11-15/h5-13,20-21H,4,14H2,1-3H3. The Kier molecular flexibility index (Phi) is 4.86. The zero-order chi connectivity index (χ0) is 25.4. The summed E-state index contributed by atoms with van der Waals surface area (Å²) in [6, 6.07) is 15.8. The van der Waals surface area contributed by atoms with Gasteiger partial charge in [-0.15, -0.1) is 0 Å². The topological polar surface area (TPSA) is 97.0 Å². The molecule has 2 aliphatic heterocycles. The van der Waals surface area contributed by atoms with Gasteiger partial charge in [0.1, 0.15) is 5.92 Å². The number of rotatable bonds is 3. The number of likely N-dealkylation sites (N-methyl/N-ethyl adjacent to an activating group) is 1. The van der Waals surface area contributed by atoms with E-state index in [0.29, 0.717) is 28.4 Å². The fourth-order valence-corrected chi connectivity index (χ4v) is 6.14. The van der Waals surface area contributed by atoms with Gasteiger partial charge in [-0.2, -0.15) is 15.3 Å². The third-order valence-corrected chi connectivity index (χ3v) is 8.02. The number of imide groups is 1. The fourth-order valence-electron chi connectivity index (χ4n) is 6.01. The largest absolute Gasteiger partial charge is 0.291 e. The number of fused-ring (bicyclic) bond motifs is 3. The quantitative estimate of drug-likeness (QED) is 0.492. The second-order valence-electron chi connectivity index (χ2n) is 10.1. The van der Waals surface area contributed by atoms with Crippen LogP contribution in [0, 0.1) is 11.3 Å². The molecule has 6 rings (SSSR count). The first-order valence-electron chi connectivity index (χ1n) is 12.0. The van der Waals surface area contributed by atoms with Crippen LogP contribution in [0.1, 0.15) is 36.8 Å². The Morgan fingerprint density at radius 1 is 1.00 bits per heavy atom. The van der Waals surface area contributed by atoms with Gasteiger partial charge < -0.3 is 0 Å². The van der Waals surface area contributed by atoms with E-state index in [0.717, 1.165) is 11.3 Å². The SMILES string of the molecule is CCN1C(=O)C2N=NC3(C(=O)c4c(nn(-c5ccccc5)c4-c4ccc(Cl)cc4)CC3(C)C)C2C1=O. The molecule has 182 valence electrons. The maximum atomic E-state index is 14.6. The van der Waals surface area contributed by atoms with Crippen LogP contribution in [-0.2, 0) is 16.0 Å². The molecule has 1 saturated heterocycles. The molecular formula is C27H24ClN5O3. The number of carbonyl (C=O) groups is 3. The number of halogens is 1. The zero-order valence-electron chi connectivity index (χ0n) is 20.1. The molecule has 2 amide bonds. The highest BCUT2D eigenvalue weighted by atomic mass is 35.5. The predicted octanol–water partition coefficient (Wildman–Crippen LogP) is 4.54. The number of Topliss-reactive ketones (excluding diaryl/α,β-unsaturated/α-hetero) is 1. The zero-order valence-corrected chi connectivity index (χ0v) is 20.9. The average Bonchev–Trinajstić information content (AvgIpc) is 3.51. The van der Waals surface area contributed by atoms with E-state index in [4.69, 9.17) is 16.7 Å². The second-order valence-corrected chi connectivity index (χ2v) is 10.6. The first kappa shape index (κ1) is 22.8. The molecule has 9 heteroatoms. The molecule has 1 aliphatic carbocycles. The van der Waals surface area contributed by atoms with Gasteiger partial charge in [-0.3, -0.25) is 19.3 Å². The number of para-hydroxylation sites is 1. The summed E-state index contributed by atoms with van der Waals surface area (Å²) in [6.07, 6.45) is 0.393. The molecule has 0 bridgehead atoms. The molecule has 0 radical (unpaired) electrons. The van der Waals surface area contributed by atoms with Gasteiger partial charge in [-0.25, -0.2) is 4.68 Å². The van der Waals surface area contributed by atoms with E-state index >= 15 is 0 Å². The molecule has 1 aromatic heterocycles. The van der Waals surface area contributed by atoms with Gasteiger partial charge in [0.25, 0.3) is 5.91 Å². The minimum absolute atomic E-state index is 0.234. The lowest BCUT2D eigenvalue weighted by molar-refractivity contribution is -0.140. The van der Waals surface area contributed by atoms with Crippen molar-refractivity contribution >= 4 is 29.2 Å². The first-order chi connectivity index (χ1) is 17.2. The molecule has 3 aromatic rings. The van der Waals surface area contributed by atoms with E-state index in [-0.39, 0.29) is 24.1 Å². The van der Waals surface area contributed by atoms with E-state index in [9.17, 15) is 14.4 Å². The van der Waals surface area contributed by atoms with Crippen molar-refractivity contribution in [3.8, 4) is 16.9 Å². The van der Waals surface area contributed by atoms with Crippen LogP contribution < -0.4 is 0 Å². The first-order valence-corrected chi connectivity index (χ1v) is 12.3. The van der Waals surface area contributed by atoms with E-state index in [2.05, 4.69) is 10.2 Å². The molecule has 3 heterocycles. The number of azo groups is 1. The minimum Gasteiger partial charge on any atom is -0.291 e. The summed E-state index contributed by atoms with van der Waals surface area (Å²) >= 11 is 6.16. The number of ketones is 1. The Labute approximate surface area is 213 Å². The number of likely N-dealkylation sites (tertiary alicyclic amines) is 1. The number of hydrogen-bond donors (Lipinski definition) is 0. The molecule has 0 saturated carbocycles. The van der Waals surface area contributed by atoms with Gasteiger partial charge in [0.2, 0.25) is 5.91 Å². The van der Waals surface area contributed by atoms with Crippen molar-refractivity contribution in [1.29, 1.82) is 0 Å². The van der Waals surface area contributed by atoms with E-state index in [1.165, 1.54) is 4.90 Å². The number of benzene rings is 2. The van der Waals surface area contributed by atoms with Gasteiger partial charge in [-0.1, -0.05) is 55.8 Å². The summed E-state index contributed by atoms with van der Waals surface area (Å²) in [5.41, 5.74) is 0.917. The monoisotopic (exact) mass is 501 g/mol. The lowest BCUT2D eigenvalue weighted by Gasteiger charge is -2.45. The smallest absolute Gasteiger partial charge is 0.256 e. The van der Waals surface area contributed by atoms with Crippen LogP contribution in [0.3, 0.4) is 0 Å². The summed E-state index contributed by atoms with van der Waals surface area (Å²) in [4.78, 5) is 42.2. The fraction of sp³-hybridized carbons (Fsp3) is 0.333. The van der Waals surface area contributed by atoms with Crippen molar-refractivity contribution in [2.24, 2.45) is 21.6 Å². The Balaban J connectivity index is 1.61. The second kappa shape index (κ2) is 7.67. The highest BCUT2D eigenvalue weighted by Gasteiger charge is 2.71. The van der Waals surface area contributed by atoms with E-state index < -0.39 is 22.9 Å². The lowest BCUT2D eigenvalue weighted by atomic mass is 9.56. The molecule has 0 N–H and O–H groups in total. The van der Waals surface area contributed by atoms with Crippen molar-refractivity contribution in [3.05, 3.63) is 70.9 Å². The van der Waals surface area contributed by atoms with Crippen LogP contribution in [0.4, 0.5) is 0 Å². The number of amides is 2. The van der Waals surface area contributed by atoms with Gasteiger partial charge in [-0.05, 0) is 31.2 Å². The number of nitrogens with zero attached hydrogens (tertiary/aromatic N) is 5. The van der Waals surface area contributed by atoms with Crippen molar-refractivity contribution in [3.63, 3.8) is 0 Å². The summed E-state index contributed by atoms with van der Waals surface area (Å²) in [5, 5.41) is 14.2. The summed E-state index contributed by atoms with van der Waals surface area (Å²) in [7, 11) is 0. The van der Waals surface area contributed by atoms with E-state index in [1.807, 2.05) is 56.3 Å². The molecule has 1 fully saturated rings. The van der Waals surface area contributed by atoms with Crippen molar-refractivity contribution in [1.82, 2.24) is 14.7 Å². The summed E-state index contributed by atoms with van der Waals surface area (Å²) in [6.45, 7) is 5.80. The average molecular weight is 502 g/mol. The molecule has 3 atom stereocenters. The van der Waals surface area contributed by atoms with Crippen molar-refractivity contribution in [2.45, 2.75) is 38.8 Å². The van der Waals surface area contributed by atoms with Crippen LogP contribution in [0.25, 0.3) is 16.9 Å². The maximum Gasteiger partial charge on any atom is 0.256 e. The maximum absolute atomic E-state index is 14.6. The predicted molar refractivity (Wildman–Crippen MR) is 133 cm³/mol. The highest BCUT2D eigenvalue weighted by molar-refractivity contribution is 6.30.